The molecule has 0 amide bonds. The maximum absolute atomic E-state index is 11.9. The molecule has 2 aliphatic rings. The number of imidazole rings is 1. The third kappa shape index (κ3) is 4.23. The van der Waals surface area contributed by atoms with Gasteiger partial charge in [0.05, 0.1) is 30.7 Å². The smallest absolute Gasteiger partial charge is 0.243 e. The highest BCUT2D eigenvalue weighted by molar-refractivity contribution is 6.49. The van der Waals surface area contributed by atoms with Crippen molar-refractivity contribution < 1.29 is 21.8 Å². The van der Waals surface area contributed by atoms with E-state index in [0.29, 0.717) is 17.3 Å². The van der Waals surface area contributed by atoms with E-state index in [9.17, 15) is 4.79 Å². The second kappa shape index (κ2) is 8.43. The van der Waals surface area contributed by atoms with Crippen LogP contribution >= 0.6 is 11.6 Å². The number of aliphatic imine (C=N–C) groups is 1. The summed E-state index contributed by atoms with van der Waals surface area (Å²) in [5.41, 5.74) is 9.20. The van der Waals surface area contributed by atoms with Crippen LogP contribution in [0.5, 0.6) is 0 Å². The summed E-state index contributed by atoms with van der Waals surface area (Å²) in [7, 11) is 2.04. The Morgan fingerprint density at radius 2 is 2.00 bits per heavy atom. The van der Waals surface area contributed by atoms with Gasteiger partial charge in [0.15, 0.2) is 0 Å². The molecule has 1 aliphatic heterocycles. The second-order valence-electron chi connectivity index (χ2n) is 7.31. The van der Waals surface area contributed by atoms with Crippen molar-refractivity contribution in [3.05, 3.63) is 65.4 Å². The first-order chi connectivity index (χ1) is 13.4. The molecule has 2 aromatic rings. The molecule has 8 heteroatoms. The van der Waals surface area contributed by atoms with Crippen LogP contribution in [0.2, 0.25) is 0 Å². The van der Waals surface area contributed by atoms with Crippen molar-refractivity contribution >= 4 is 34.5 Å². The van der Waals surface area contributed by atoms with Gasteiger partial charge in [-0.2, -0.15) is 0 Å². The highest BCUT2D eigenvalue weighted by atomic mass is 35.5. The fourth-order valence-corrected chi connectivity index (χ4v) is 3.88. The Bertz CT molecular complexity index is 1020. The Hall–Kier alpha value is -2.57. The molecule has 1 unspecified atom stereocenters. The Morgan fingerprint density at radius 1 is 1.28 bits per heavy atom. The molecular formula is C21H23Cl2N5O. The summed E-state index contributed by atoms with van der Waals surface area (Å²) >= 11 is 6.02. The minimum atomic E-state index is -0.242. The number of nitrogens with zero attached hydrogens (tertiary/aromatic N) is 4. The first-order valence-electron chi connectivity index (χ1n) is 9.27. The zero-order valence-corrected chi connectivity index (χ0v) is 17.9. The first-order valence-corrected chi connectivity index (χ1v) is 9.65. The van der Waals surface area contributed by atoms with Crippen LogP contribution in [0.3, 0.4) is 0 Å². The number of rotatable bonds is 3. The molecule has 1 fully saturated rings. The molecule has 1 aromatic carbocycles. The third-order valence-electron chi connectivity index (χ3n) is 5.26. The van der Waals surface area contributed by atoms with Crippen LogP contribution in [-0.2, 0) is 11.8 Å². The predicted molar refractivity (Wildman–Crippen MR) is 111 cm³/mol. The van der Waals surface area contributed by atoms with E-state index in [4.69, 9.17) is 17.3 Å². The van der Waals surface area contributed by atoms with E-state index in [1.807, 2.05) is 19.2 Å². The lowest BCUT2D eigenvalue weighted by molar-refractivity contribution is -0.671. The van der Waals surface area contributed by atoms with Crippen molar-refractivity contribution in [2.24, 2.45) is 17.8 Å². The summed E-state index contributed by atoms with van der Waals surface area (Å²) in [6.45, 7) is 3.72. The molecule has 0 radical (unpaired) electrons. The predicted octanol–water partition coefficient (Wildman–Crippen LogP) is -0.221. The quantitative estimate of drug-likeness (QED) is 0.539. The number of hydrogen-bond acceptors (Lipinski definition) is 4. The van der Waals surface area contributed by atoms with E-state index in [1.165, 1.54) is 5.69 Å². The lowest BCUT2D eigenvalue weighted by atomic mass is 10.0. The number of carbonyl (C=O) groups is 1. The summed E-state index contributed by atoms with van der Waals surface area (Å²) in [5.74, 6) is -0.242. The van der Waals surface area contributed by atoms with Gasteiger partial charge in [0, 0.05) is 24.2 Å². The van der Waals surface area contributed by atoms with Crippen LogP contribution in [0.4, 0.5) is 11.4 Å². The van der Waals surface area contributed by atoms with Crippen molar-refractivity contribution in [3.63, 3.8) is 0 Å². The molecule has 2 N–H and O–H groups in total. The SMILES string of the molecule is CC1=CC(=Nc2ccc(N3CCC(n4cc[n+](C)c4)C3)cc2)C(N)=C(Cl)C1=O.[Cl-]. The van der Waals surface area contributed by atoms with Gasteiger partial charge in [0.2, 0.25) is 12.1 Å². The van der Waals surface area contributed by atoms with Gasteiger partial charge in [-0.1, -0.05) is 11.6 Å². The fourth-order valence-electron chi connectivity index (χ4n) is 3.63. The monoisotopic (exact) mass is 431 g/mol. The van der Waals surface area contributed by atoms with Crippen molar-refractivity contribution in [1.82, 2.24) is 4.57 Å². The minimum absolute atomic E-state index is 0. The Balaban J connectivity index is 0.00000240. The molecule has 152 valence electrons. The number of aryl methyl sites for hydroxylation is 1. The van der Waals surface area contributed by atoms with Gasteiger partial charge < -0.3 is 23.0 Å². The molecule has 2 heterocycles. The first kappa shape index (κ1) is 21.1. The average Bonchev–Trinajstić information content (AvgIpc) is 3.34. The maximum Gasteiger partial charge on any atom is 0.243 e. The van der Waals surface area contributed by atoms with Crippen molar-refractivity contribution in [2.45, 2.75) is 19.4 Å². The normalized spacial score (nSPS) is 20.9. The largest absolute Gasteiger partial charge is 1.00 e. The van der Waals surface area contributed by atoms with Crippen molar-refractivity contribution in [3.8, 4) is 0 Å². The molecule has 1 aromatic heterocycles. The summed E-state index contributed by atoms with van der Waals surface area (Å²) < 4.78 is 4.34. The minimum Gasteiger partial charge on any atom is -1.00 e. The highest BCUT2D eigenvalue weighted by Gasteiger charge is 2.27. The molecule has 0 spiro atoms. The molecule has 0 saturated carbocycles. The van der Waals surface area contributed by atoms with Crippen LogP contribution in [0.1, 0.15) is 19.4 Å². The van der Waals surface area contributed by atoms with E-state index >= 15 is 0 Å². The van der Waals surface area contributed by atoms with Crippen LogP contribution in [0, 0.1) is 0 Å². The van der Waals surface area contributed by atoms with Gasteiger partial charge in [0.1, 0.15) is 23.5 Å². The Labute approximate surface area is 181 Å². The molecule has 1 atom stereocenters. The lowest BCUT2D eigenvalue weighted by Gasteiger charge is -2.18. The summed E-state index contributed by atoms with van der Waals surface area (Å²) in [6, 6.07) is 8.56. The summed E-state index contributed by atoms with van der Waals surface area (Å²) in [5, 5.41) is 0.0388. The Kier molecular flexibility index (Phi) is 6.15. The van der Waals surface area contributed by atoms with Gasteiger partial charge in [0.25, 0.3) is 0 Å². The average molecular weight is 432 g/mol. The zero-order chi connectivity index (χ0) is 19.8. The number of allylic oxidation sites excluding steroid dienone is 3. The van der Waals surface area contributed by atoms with Gasteiger partial charge in [-0.25, -0.2) is 14.1 Å². The summed E-state index contributed by atoms with van der Waals surface area (Å²) in [4.78, 5) is 18.8. The molecule has 6 nitrogen and oxygen atoms in total. The number of hydrogen-bond donors (Lipinski definition) is 1. The van der Waals surface area contributed by atoms with Gasteiger partial charge in [-0.05, 0) is 37.3 Å². The van der Waals surface area contributed by atoms with Crippen LogP contribution < -0.4 is 27.6 Å². The lowest BCUT2D eigenvalue weighted by Crippen LogP contribution is -3.00. The number of carbonyl (C=O) groups excluding carboxylic acids is 1. The number of aromatic nitrogens is 2. The maximum atomic E-state index is 11.9. The van der Waals surface area contributed by atoms with Crippen LogP contribution in [0.15, 0.2) is 70.4 Å². The van der Waals surface area contributed by atoms with Crippen molar-refractivity contribution in [2.75, 3.05) is 18.0 Å². The molecule has 1 saturated heterocycles. The topological polar surface area (TPSA) is 67.5 Å². The van der Waals surface area contributed by atoms with Gasteiger partial charge >= 0.3 is 0 Å². The van der Waals surface area contributed by atoms with Crippen LogP contribution in [-0.4, -0.2) is 29.2 Å². The molecular weight excluding hydrogens is 409 g/mol. The number of nitrogens with two attached hydrogens (primary N) is 1. The molecule has 4 rings (SSSR count). The number of anilines is 1. The Morgan fingerprint density at radius 3 is 2.66 bits per heavy atom. The molecule has 1 aliphatic carbocycles. The number of Topliss-reactive ketones (excluding diaryl/α,β-unsaturated/α-hetero) is 1. The molecule has 0 bridgehead atoms. The standard InChI is InChI=1S/C21H22ClN5O.ClH/c1-14-11-18(20(23)19(22)21(14)28)24-15-3-5-16(6-4-15)26-8-7-17(12-26)27-10-9-25(2)13-27;/h3-6,9-11,13,17H,7-8,12H2,1-2H3,(H-,23,28);1H. The zero-order valence-electron chi connectivity index (χ0n) is 16.3. The fraction of sp³-hybridized carbons (Fsp3) is 0.286. The van der Waals surface area contributed by atoms with Crippen LogP contribution in [0.25, 0.3) is 0 Å². The van der Waals surface area contributed by atoms with E-state index in [2.05, 4.69) is 49.9 Å². The van der Waals surface area contributed by atoms with Gasteiger partial charge in [-0.3, -0.25) is 4.79 Å². The molecule has 29 heavy (non-hydrogen) atoms. The number of halogens is 2. The van der Waals surface area contributed by atoms with E-state index < -0.39 is 0 Å². The summed E-state index contributed by atoms with van der Waals surface area (Å²) in [6.07, 6.45) is 9.12. The van der Waals surface area contributed by atoms with E-state index in [0.717, 1.165) is 25.2 Å². The third-order valence-corrected chi connectivity index (χ3v) is 5.64. The second-order valence-corrected chi connectivity index (χ2v) is 7.69. The van der Waals surface area contributed by atoms with E-state index in [1.54, 1.807) is 13.0 Å². The van der Waals surface area contributed by atoms with Gasteiger partial charge in [-0.15, -0.1) is 0 Å². The van der Waals surface area contributed by atoms with E-state index in [-0.39, 0.29) is 28.9 Å². The number of ketones is 1. The van der Waals surface area contributed by atoms with Crippen molar-refractivity contribution in [1.29, 1.82) is 0 Å². The number of benzene rings is 1. The highest BCUT2D eigenvalue weighted by Crippen LogP contribution is 2.29.